The normalized spacial score (nSPS) is 25.4. The van der Waals surface area contributed by atoms with Crippen molar-refractivity contribution < 1.29 is 0 Å². The first-order valence-electron chi connectivity index (χ1n) is 8.44. The summed E-state index contributed by atoms with van der Waals surface area (Å²) in [4.78, 5) is 5.38. The van der Waals surface area contributed by atoms with Gasteiger partial charge in [0.15, 0.2) is 0 Å². The quantitative estimate of drug-likeness (QED) is 0.727. The Labute approximate surface area is 119 Å². The van der Waals surface area contributed by atoms with E-state index in [0.29, 0.717) is 12.1 Å². The molecule has 1 saturated carbocycles. The molecule has 1 heterocycles. The fraction of sp³-hybridized carbons (Fsp3) is 1.00. The Morgan fingerprint density at radius 2 is 1.79 bits per heavy atom. The second-order valence-corrected chi connectivity index (χ2v) is 6.49. The smallest absolute Gasteiger partial charge is 0.0222 e. The van der Waals surface area contributed by atoms with Gasteiger partial charge >= 0.3 is 0 Å². The van der Waals surface area contributed by atoms with Gasteiger partial charge in [0.25, 0.3) is 0 Å². The van der Waals surface area contributed by atoms with Crippen LogP contribution in [0.2, 0.25) is 0 Å². The maximum absolute atomic E-state index is 3.71. The maximum atomic E-state index is 3.71. The summed E-state index contributed by atoms with van der Waals surface area (Å²) in [5.74, 6) is 1.04. The molecule has 2 unspecified atom stereocenters. The molecule has 2 aliphatic rings. The molecule has 0 amide bonds. The zero-order chi connectivity index (χ0) is 13.7. The Hall–Kier alpha value is -0.120. The van der Waals surface area contributed by atoms with Crippen molar-refractivity contribution in [3.8, 4) is 0 Å². The minimum atomic E-state index is 0.662. The topological polar surface area (TPSA) is 18.5 Å². The van der Waals surface area contributed by atoms with Crippen LogP contribution in [0.1, 0.15) is 46.5 Å². The zero-order valence-corrected chi connectivity index (χ0v) is 13.2. The second kappa shape index (κ2) is 7.61. The van der Waals surface area contributed by atoms with Crippen molar-refractivity contribution in [1.82, 2.24) is 15.1 Å². The van der Waals surface area contributed by atoms with Gasteiger partial charge in [-0.05, 0) is 45.1 Å². The van der Waals surface area contributed by atoms with Gasteiger partial charge in [-0.1, -0.05) is 13.8 Å². The lowest BCUT2D eigenvalue weighted by Gasteiger charge is -2.41. The number of nitrogens with zero attached hydrogens (tertiary/aromatic N) is 2. The Bertz CT molecular complexity index is 244. The van der Waals surface area contributed by atoms with Crippen LogP contribution < -0.4 is 5.32 Å². The van der Waals surface area contributed by atoms with Crippen molar-refractivity contribution >= 4 is 0 Å². The van der Waals surface area contributed by atoms with E-state index in [1.165, 1.54) is 58.4 Å². The molecule has 0 radical (unpaired) electrons. The first kappa shape index (κ1) is 15.3. The summed E-state index contributed by atoms with van der Waals surface area (Å²) in [5.41, 5.74) is 0. The van der Waals surface area contributed by atoms with Crippen molar-refractivity contribution in [3.63, 3.8) is 0 Å². The molecule has 0 aromatic heterocycles. The molecular formula is C16H33N3. The molecule has 2 fully saturated rings. The van der Waals surface area contributed by atoms with Crippen LogP contribution in [0.4, 0.5) is 0 Å². The highest BCUT2D eigenvalue weighted by Crippen LogP contribution is 2.30. The van der Waals surface area contributed by atoms with Crippen LogP contribution >= 0.6 is 0 Å². The SMILES string of the molecule is CCCNC(CC)C(C)N1CCN(CC2CC2)CC1. The Kier molecular flexibility index (Phi) is 6.11. The molecule has 3 nitrogen and oxygen atoms in total. The highest BCUT2D eigenvalue weighted by atomic mass is 15.3. The van der Waals surface area contributed by atoms with Crippen molar-refractivity contribution in [2.45, 2.75) is 58.5 Å². The average molecular weight is 267 g/mol. The second-order valence-electron chi connectivity index (χ2n) is 6.49. The van der Waals surface area contributed by atoms with Gasteiger partial charge < -0.3 is 10.2 Å². The van der Waals surface area contributed by atoms with E-state index in [0.717, 1.165) is 12.5 Å². The van der Waals surface area contributed by atoms with Crippen LogP contribution in [0, 0.1) is 5.92 Å². The Balaban J connectivity index is 1.71. The molecule has 1 aliphatic heterocycles. The molecule has 0 bridgehead atoms. The van der Waals surface area contributed by atoms with Crippen molar-refractivity contribution in [1.29, 1.82) is 0 Å². The summed E-state index contributed by atoms with van der Waals surface area (Å²) in [7, 11) is 0. The van der Waals surface area contributed by atoms with Gasteiger partial charge in [-0.3, -0.25) is 4.90 Å². The molecule has 1 aliphatic carbocycles. The number of hydrogen-bond acceptors (Lipinski definition) is 3. The van der Waals surface area contributed by atoms with Gasteiger partial charge in [0.1, 0.15) is 0 Å². The summed E-state index contributed by atoms with van der Waals surface area (Å²) >= 11 is 0. The van der Waals surface area contributed by atoms with Gasteiger partial charge in [0.2, 0.25) is 0 Å². The molecule has 0 aromatic carbocycles. The minimum absolute atomic E-state index is 0.662. The van der Waals surface area contributed by atoms with Gasteiger partial charge in [-0.2, -0.15) is 0 Å². The van der Waals surface area contributed by atoms with E-state index in [4.69, 9.17) is 0 Å². The molecule has 1 saturated heterocycles. The summed E-state index contributed by atoms with van der Waals surface area (Å²) in [6, 6.07) is 1.34. The monoisotopic (exact) mass is 267 g/mol. The van der Waals surface area contributed by atoms with Crippen LogP contribution in [-0.2, 0) is 0 Å². The third kappa shape index (κ3) is 4.73. The number of hydrogen-bond donors (Lipinski definition) is 1. The molecule has 112 valence electrons. The fourth-order valence-electron chi connectivity index (χ4n) is 3.26. The first-order valence-corrected chi connectivity index (χ1v) is 8.44. The van der Waals surface area contributed by atoms with E-state index in [1.807, 2.05) is 0 Å². The lowest BCUT2D eigenvalue weighted by molar-refractivity contribution is 0.0824. The molecule has 0 aromatic rings. The molecule has 2 rings (SSSR count). The summed E-state index contributed by atoms with van der Waals surface area (Å²) in [6.45, 7) is 14.6. The van der Waals surface area contributed by atoms with Crippen molar-refractivity contribution in [2.75, 3.05) is 39.3 Å². The predicted octanol–water partition coefficient (Wildman–Crippen LogP) is 2.18. The molecule has 19 heavy (non-hydrogen) atoms. The zero-order valence-electron chi connectivity index (χ0n) is 13.2. The van der Waals surface area contributed by atoms with E-state index in [-0.39, 0.29) is 0 Å². The lowest BCUT2D eigenvalue weighted by Crippen LogP contribution is -2.55. The first-order chi connectivity index (χ1) is 9.24. The van der Waals surface area contributed by atoms with Crippen LogP contribution in [-0.4, -0.2) is 61.2 Å². The largest absolute Gasteiger partial charge is 0.312 e. The molecular weight excluding hydrogens is 234 g/mol. The van der Waals surface area contributed by atoms with Gasteiger partial charge in [0.05, 0.1) is 0 Å². The lowest BCUT2D eigenvalue weighted by atomic mass is 10.0. The summed E-state index contributed by atoms with van der Waals surface area (Å²) in [6.07, 6.45) is 5.44. The predicted molar refractivity (Wildman–Crippen MR) is 82.6 cm³/mol. The molecule has 0 spiro atoms. The van der Waals surface area contributed by atoms with Crippen molar-refractivity contribution in [3.05, 3.63) is 0 Å². The molecule has 3 heteroatoms. The van der Waals surface area contributed by atoms with Crippen LogP contribution in [0.5, 0.6) is 0 Å². The van der Waals surface area contributed by atoms with Gasteiger partial charge in [0, 0.05) is 44.8 Å². The molecule has 1 N–H and O–H groups in total. The van der Waals surface area contributed by atoms with Crippen LogP contribution in [0.3, 0.4) is 0 Å². The van der Waals surface area contributed by atoms with Crippen LogP contribution in [0.15, 0.2) is 0 Å². The van der Waals surface area contributed by atoms with Gasteiger partial charge in [-0.25, -0.2) is 0 Å². The maximum Gasteiger partial charge on any atom is 0.0222 e. The standard InChI is InChI=1S/C16H33N3/c1-4-8-17-16(5-2)14(3)19-11-9-18(10-12-19)13-15-6-7-15/h14-17H,4-13H2,1-3H3. The summed E-state index contributed by atoms with van der Waals surface area (Å²) in [5, 5.41) is 3.71. The van der Waals surface area contributed by atoms with Gasteiger partial charge in [-0.15, -0.1) is 0 Å². The summed E-state index contributed by atoms with van der Waals surface area (Å²) < 4.78 is 0. The van der Waals surface area contributed by atoms with Crippen LogP contribution in [0.25, 0.3) is 0 Å². The third-order valence-electron chi connectivity index (χ3n) is 4.87. The van der Waals surface area contributed by atoms with E-state index < -0.39 is 0 Å². The highest BCUT2D eigenvalue weighted by molar-refractivity contribution is 4.85. The number of piperazine rings is 1. The Morgan fingerprint density at radius 3 is 2.32 bits per heavy atom. The van der Waals surface area contributed by atoms with E-state index in [1.54, 1.807) is 0 Å². The Morgan fingerprint density at radius 1 is 1.11 bits per heavy atom. The highest BCUT2D eigenvalue weighted by Gasteiger charge is 2.29. The third-order valence-corrected chi connectivity index (χ3v) is 4.87. The number of nitrogens with one attached hydrogen (secondary N) is 1. The fourth-order valence-corrected chi connectivity index (χ4v) is 3.26. The van der Waals surface area contributed by atoms with Crippen molar-refractivity contribution in [2.24, 2.45) is 5.92 Å². The number of rotatable bonds is 8. The average Bonchev–Trinajstić information content (AvgIpc) is 3.24. The van der Waals surface area contributed by atoms with E-state index in [9.17, 15) is 0 Å². The van der Waals surface area contributed by atoms with E-state index in [2.05, 4.69) is 35.9 Å². The molecule has 2 atom stereocenters. The van der Waals surface area contributed by atoms with E-state index >= 15 is 0 Å². The minimum Gasteiger partial charge on any atom is -0.312 e.